The Hall–Kier alpha value is -1.10. The van der Waals surface area contributed by atoms with Crippen molar-refractivity contribution in [3.63, 3.8) is 0 Å². The highest BCUT2D eigenvalue weighted by molar-refractivity contribution is 5.84. The zero-order chi connectivity index (χ0) is 13.5. The van der Waals surface area contributed by atoms with Crippen LogP contribution in [-0.2, 0) is 9.59 Å². The highest BCUT2D eigenvalue weighted by Crippen LogP contribution is 2.04. The quantitative estimate of drug-likeness (QED) is 0.745. The van der Waals surface area contributed by atoms with Gasteiger partial charge in [-0.15, -0.1) is 0 Å². The van der Waals surface area contributed by atoms with Gasteiger partial charge in [-0.05, 0) is 19.3 Å². The molecule has 0 aromatic rings. The van der Waals surface area contributed by atoms with Gasteiger partial charge in [0, 0.05) is 32.1 Å². The topological polar surface area (TPSA) is 61.4 Å². The fraction of sp³-hybridized carbons (Fsp3) is 0.846. The van der Waals surface area contributed by atoms with E-state index in [1.807, 2.05) is 11.8 Å². The monoisotopic (exact) mass is 255 g/mol. The molecule has 1 atom stereocenters. The molecule has 1 aliphatic rings. The molecule has 1 aliphatic heterocycles. The van der Waals surface area contributed by atoms with E-state index in [-0.39, 0.29) is 24.4 Å². The molecule has 5 heteroatoms. The molecule has 0 spiro atoms. The molecule has 1 fully saturated rings. The minimum absolute atomic E-state index is 0.0156. The number of nitrogens with one attached hydrogen (secondary N) is 2. The Bertz CT molecular complexity index is 292. The van der Waals surface area contributed by atoms with Gasteiger partial charge in [0.2, 0.25) is 11.8 Å². The minimum atomic E-state index is -0.0279. The predicted molar refractivity (Wildman–Crippen MR) is 71.1 cm³/mol. The maximum Gasteiger partial charge on any atom is 0.242 e. The third kappa shape index (κ3) is 5.04. The summed E-state index contributed by atoms with van der Waals surface area (Å²) in [4.78, 5) is 25.3. The van der Waals surface area contributed by atoms with Crippen LogP contribution < -0.4 is 10.6 Å². The van der Waals surface area contributed by atoms with Crippen LogP contribution in [-0.4, -0.2) is 48.9 Å². The predicted octanol–water partition coefficient (Wildman–Crippen LogP) is 0.359. The highest BCUT2D eigenvalue weighted by atomic mass is 16.2. The third-order valence-electron chi connectivity index (χ3n) is 3.21. The Morgan fingerprint density at radius 1 is 1.44 bits per heavy atom. The Balaban J connectivity index is 2.25. The van der Waals surface area contributed by atoms with E-state index in [9.17, 15) is 9.59 Å². The second-order valence-electron chi connectivity index (χ2n) is 5.35. The molecule has 5 nitrogen and oxygen atoms in total. The normalized spacial score (nSPS) is 20.0. The molecular formula is C13H25N3O2. The van der Waals surface area contributed by atoms with E-state index in [2.05, 4.69) is 24.5 Å². The maximum atomic E-state index is 11.9. The molecule has 0 aromatic carbocycles. The largest absolute Gasteiger partial charge is 0.347 e. The summed E-state index contributed by atoms with van der Waals surface area (Å²) in [6, 6.07) is 0.207. The molecule has 104 valence electrons. The van der Waals surface area contributed by atoms with E-state index >= 15 is 0 Å². The number of nitrogens with zero attached hydrogens (tertiary/aromatic N) is 1. The number of carbonyl (C=O) groups is 2. The summed E-state index contributed by atoms with van der Waals surface area (Å²) in [5, 5.41) is 5.94. The van der Waals surface area contributed by atoms with E-state index in [1.165, 1.54) is 0 Å². The average Bonchev–Trinajstić information content (AvgIpc) is 2.34. The molecule has 2 N–H and O–H groups in total. The van der Waals surface area contributed by atoms with Gasteiger partial charge in [-0.3, -0.25) is 9.59 Å². The molecule has 0 aliphatic carbocycles. The summed E-state index contributed by atoms with van der Waals surface area (Å²) in [6.07, 6.45) is 1.37. The Morgan fingerprint density at radius 2 is 2.17 bits per heavy atom. The van der Waals surface area contributed by atoms with Crippen molar-refractivity contribution in [2.75, 3.05) is 26.2 Å². The van der Waals surface area contributed by atoms with Crippen LogP contribution in [0, 0.1) is 5.92 Å². The molecule has 1 saturated heterocycles. The van der Waals surface area contributed by atoms with Gasteiger partial charge >= 0.3 is 0 Å². The molecule has 2 amide bonds. The Kier molecular flexibility index (Phi) is 6.12. The molecule has 18 heavy (non-hydrogen) atoms. The van der Waals surface area contributed by atoms with Crippen molar-refractivity contribution in [3.05, 3.63) is 0 Å². The highest BCUT2D eigenvalue weighted by Gasteiger charge is 2.22. The van der Waals surface area contributed by atoms with Gasteiger partial charge < -0.3 is 15.5 Å². The first kappa shape index (κ1) is 15.0. The zero-order valence-corrected chi connectivity index (χ0v) is 11.7. The van der Waals surface area contributed by atoms with Crippen molar-refractivity contribution in [3.8, 4) is 0 Å². The van der Waals surface area contributed by atoms with Crippen LogP contribution in [0.2, 0.25) is 0 Å². The lowest BCUT2D eigenvalue weighted by molar-refractivity contribution is -0.135. The lowest BCUT2D eigenvalue weighted by atomic mass is 10.1. The summed E-state index contributed by atoms with van der Waals surface area (Å²) in [6.45, 7) is 8.69. The van der Waals surface area contributed by atoms with Gasteiger partial charge in [-0.1, -0.05) is 13.8 Å². The summed E-state index contributed by atoms with van der Waals surface area (Å²) in [5.74, 6) is 0.501. The fourth-order valence-electron chi connectivity index (χ4n) is 2.00. The lowest BCUT2D eigenvalue weighted by Gasteiger charge is -2.34. The summed E-state index contributed by atoms with van der Waals surface area (Å²) in [7, 11) is 0. The third-order valence-corrected chi connectivity index (χ3v) is 3.21. The van der Waals surface area contributed by atoms with Gasteiger partial charge in [0.1, 0.15) is 0 Å². The molecular weight excluding hydrogens is 230 g/mol. The van der Waals surface area contributed by atoms with E-state index < -0.39 is 0 Å². The maximum absolute atomic E-state index is 11.9. The number of hydrogen-bond acceptors (Lipinski definition) is 3. The standard InChI is InChI=1S/C13H25N3O2/c1-10(2)4-5-12(17)15-9-13(18)16-7-6-14-8-11(16)3/h10-11,14H,4-9H2,1-3H3,(H,15,17). The fourth-order valence-corrected chi connectivity index (χ4v) is 2.00. The number of carbonyl (C=O) groups excluding carboxylic acids is 2. The summed E-state index contributed by atoms with van der Waals surface area (Å²) < 4.78 is 0. The SMILES string of the molecule is CC(C)CCC(=O)NCC(=O)N1CCNCC1C. The molecule has 1 unspecified atom stereocenters. The Morgan fingerprint density at radius 3 is 2.78 bits per heavy atom. The minimum Gasteiger partial charge on any atom is -0.347 e. The first-order valence-electron chi connectivity index (χ1n) is 6.77. The van der Waals surface area contributed by atoms with Gasteiger partial charge in [0.25, 0.3) is 0 Å². The van der Waals surface area contributed by atoms with Crippen molar-refractivity contribution in [1.82, 2.24) is 15.5 Å². The van der Waals surface area contributed by atoms with Crippen molar-refractivity contribution in [1.29, 1.82) is 0 Å². The van der Waals surface area contributed by atoms with Crippen molar-refractivity contribution in [2.24, 2.45) is 5.92 Å². The van der Waals surface area contributed by atoms with Crippen LogP contribution in [0.15, 0.2) is 0 Å². The smallest absolute Gasteiger partial charge is 0.242 e. The number of rotatable bonds is 5. The molecule has 0 radical (unpaired) electrons. The second kappa shape index (κ2) is 7.36. The molecule has 0 bridgehead atoms. The van der Waals surface area contributed by atoms with Crippen LogP contribution in [0.25, 0.3) is 0 Å². The van der Waals surface area contributed by atoms with Gasteiger partial charge in [-0.2, -0.15) is 0 Å². The van der Waals surface area contributed by atoms with Crippen LogP contribution >= 0.6 is 0 Å². The molecule has 0 aromatic heterocycles. The van der Waals surface area contributed by atoms with E-state index in [4.69, 9.17) is 0 Å². The van der Waals surface area contributed by atoms with Crippen molar-refractivity contribution in [2.45, 2.75) is 39.7 Å². The summed E-state index contributed by atoms with van der Waals surface area (Å²) in [5.41, 5.74) is 0. The van der Waals surface area contributed by atoms with Crippen molar-refractivity contribution < 1.29 is 9.59 Å². The number of hydrogen-bond donors (Lipinski definition) is 2. The van der Waals surface area contributed by atoms with E-state index in [0.717, 1.165) is 26.1 Å². The number of amides is 2. The first-order valence-corrected chi connectivity index (χ1v) is 6.77. The molecule has 1 heterocycles. The average molecular weight is 255 g/mol. The van der Waals surface area contributed by atoms with Gasteiger partial charge in [0.15, 0.2) is 0 Å². The zero-order valence-electron chi connectivity index (χ0n) is 11.7. The van der Waals surface area contributed by atoms with Crippen LogP contribution in [0.4, 0.5) is 0 Å². The van der Waals surface area contributed by atoms with E-state index in [1.54, 1.807) is 0 Å². The van der Waals surface area contributed by atoms with Crippen molar-refractivity contribution >= 4 is 11.8 Å². The van der Waals surface area contributed by atoms with Crippen LogP contribution in [0.3, 0.4) is 0 Å². The van der Waals surface area contributed by atoms with E-state index in [0.29, 0.717) is 12.3 Å². The van der Waals surface area contributed by atoms with Gasteiger partial charge in [0.05, 0.1) is 6.54 Å². The van der Waals surface area contributed by atoms with Gasteiger partial charge in [-0.25, -0.2) is 0 Å². The second-order valence-corrected chi connectivity index (χ2v) is 5.35. The molecule has 0 saturated carbocycles. The summed E-state index contributed by atoms with van der Waals surface area (Å²) >= 11 is 0. The number of piperazine rings is 1. The van der Waals surface area contributed by atoms with Crippen LogP contribution in [0.1, 0.15) is 33.6 Å². The Labute approximate surface area is 109 Å². The molecule has 1 rings (SSSR count). The first-order chi connectivity index (χ1) is 8.50. The van der Waals surface area contributed by atoms with Crippen LogP contribution in [0.5, 0.6) is 0 Å². The lowest BCUT2D eigenvalue weighted by Crippen LogP contribution is -2.54.